The third kappa shape index (κ3) is 5.98. The van der Waals surface area contributed by atoms with Crippen molar-refractivity contribution in [3.8, 4) is 0 Å². The fourth-order valence-corrected chi connectivity index (χ4v) is 3.36. The van der Waals surface area contributed by atoms with E-state index in [1.54, 1.807) is 0 Å². The van der Waals surface area contributed by atoms with Crippen LogP contribution in [-0.4, -0.2) is 30.3 Å². The Kier molecular flexibility index (Phi) is 8.16. The Hall–Kier alpha value is -1.65. The van der Waals surface area contributed by atoms with Crippen molar-refractivity contribution in [3.63, 3.8) is 0 Å². The van der Waals surface area contributed by atoms with Crippen molar-refractivity contribution in [2.75, 3.05) is 13.2 Å². The smallest absolute Gasteiger partial charge is 0.323 e. The molecule has 1 aliphatic rings. The van der Waals surface area contributed by atoms with Gasteiger partial charge in [-0.1, -0.05) is 49.4 Å². The average Bonchev–Trinajstić information content (AvgIpc) is 3.40. The molecule has 1 aromatic rings. The molecule has 4 unspecified atom stereocenters. The predicted molar refractivity (Wildman–Crippen MR) is 100 cm³/mol. The first-order chi connectivity index (χ1) is 12.2. The highest BCUT2D eigenvalue weighted by atomic mass is 16.5. The molecule has 1 aromatic carbocycles. The number of allylic oxidation sites excluding steroid dienone is 2. The van der Waals surface area contributed by atoms with Crippen molar-refractivity contribution >= 4 is 5.97 Å². The van der Waals surface area contributed by atoms with Gasteiger partial charge in [-0.05, 0) is 50.0 Å². The Labute approximate surface area is 151 Å². The molecule has 0 bridgehead atoms. The summed E-state index contributed by atoms with van der Waals surface area (Å²) < 4.78 is 5.28. The second-order valence-corrected chi connectivity index (χ2v) is 6.66. The summed E-state index contributed by atoms with van der Waals surface area (Å²) in [4.78, 5) is 12.4. The Bertz CT molecular complexity index is 543. The zero-order valence-electron chi connectivity index (χ0n) is 15.4. The van der Waals surface area contributed by atoms with Crippen LogP contribution in [0.4, 0.5) is 0 Å². The van der Waals surface area contributed by atoms with Gasteiger partial charge in [-0.3, -0.25) is 10.1 Å². The van der Waals surface area contributed by atoms with E-state index in [1.165, 1.54) is 0 Å². The highest BCUT2D eigenvalue weighted by Crippen LogP contribution is 2.45. The molecule has 0 heterocycles. The average molecular weight is 345 g/mol. The van der Waals surface area contributed by atoms with Crippen LogP contribution in [-0.2, 0) is 9.53 Å². The van der Waals surface area contributed by atoms with Gasteiger partial charge in [-0.2, -0.15) is 0 Å². The van der Waals surface area contributed by atoms with Gasteiger partial charge in [0.1, 0.15) is 6.04 Å². The number of rotatable bonds is 11. The van der Waals surface area contributed by atoms with Crippen LogP contribution in [0, 0.1) is 11.8 Å². The molecular weight excluding hydrogens is 314 g/mol. The Morgan fingerprint density at radius 3 is 2.72 bits per heavy atom. The standard InChI is InChI=1S/C21H31NO3/c1-3-5-6-8-13-17-14-18(17)20(21(24)25-4-2)22-19(15-23)16-11-9-7-10-12-16/h5-7,9-12,17-20,22-23H,3-4,8,13-15H2,1-2H3. The fraction of sp³-hybridized carbons (Fsp3) is 0.571. The maximum Gasteiger partial charge on any atom is 0.323 e. The van der Waals surface area contributed by atoms with E-state index in [4.69, 9.17) is 4.74 Å². The summed E-state index contributed by atoms with van der Waals surface area (Å²) in [5, 5.41) is 13.1. The van der Waals surface area contributed by atoms with E-state index in [0.29, 0.717) is 18.4 Å². The lowest BCUT2D eigenvalue weighted by Crippen LogP contribution is -2.43. The summed E-state index contributed by atoms with van der Waals surface area (Å²) in [5.41, 5.74) is 0.988. The first-order valence-corrected chi connectivity index (χ1v) is 9.44. The minimum absolute atomic E-state index is 0.0451. The first-order valence-electron chi connectivity index (χ1n) is 9.44. The Morgan fingerprint density at radius 1 is 1.32 bits per heavy atom. The number of aliphatic hydroxyl groups is 1. The number of aliphatic hydroxyl groups excluding tert-OH is 1. The lowest BCUT2D eigenvalue weighted by atomic mass is 10.0. The van der Waals surface area contributed by atoms with Gasteiger partial charge in [-0.15, -0.1) is 0 Å². The molecule has 4 nitrogen and oxygen atoms in total. The number of carbonyl (C=O) groups is 1. The predicted octanol–water partition coefficient (Wildman–Crippen LogP) is 3.62. The summed E-state index contributed by atoms with van der Waals surface area (Å²) in [6, 6.07) is 9.17. The van der Waals surface area contributed by atoms with Crippen LogP contribution in [0.1, 0.15) is 51.1 Å². The fourth-order valence-electron chi connectivity index (χ4n) is 3.36. The molecule has 138 valence electrons. The van der Waals surface area contributed by atoms with E-state index in [9.17, 15) is 9.90 Å². The second-order valence-electron chi connectivity index (χ2n) is 6.66. The molecule has 2 N–H and O–H groups in total. The van der Waals surface area contributed by atoms with Gasteiger partial charge in [0.25, 0.3) is 0 Å². The molecule has 1 saturated carbocycles. The first kappa shape index (κ1) is 19.7. The van der Waals surface area contributed by atoms with E-state index < -0.39 is 0 Å². The largest absolute Gasteiger partial charge is 0.465 e. The van der Waals surface area contributed by atoms with Gasteiger partial charge in [0, 0.05) is 0 Å². The number of hydrogen-bond donors (Lipinski definition) is 2. The van der Waals surface area contributed by atoms with E-state index in [-0.39, 0.29) is 24.7 Å². The summed E-state index contributed by atoms with van der Waals surface area (Å²) in [7, 11) is 0. The number of esters is 1. The summed E-state index contributed by atoms with van der Waals surface area (Å²) in [6.07, 6.45) is 8.69. The van der Waals surface area contributed by atoms with Crippen LogP contribution in [0.2, 0.25) is 0 Å². The third-order valence-corrected chi connectivity index (χ3v) is 4.82. The lowest BCUT2D eigenvalue weighted by molar-refractivity contribution is -0.146. The maximum atomic E-state index is 12.4. The molecule has 0 saturated heterocycles. The number of ether oxygens (including phenoxy) is 1. The highest BCUT2D eigenvalue weighted by Gasteiger charge is 2.46. The topological polar surface area (TPSA) is 58.6 Å². The van der Waals surface area contributed by atoms with Gasteiger partial charge in [-0.25, -0.2) is 0 Å². The zero-order valence-corrected chi connectivity index (χ0v) is 15.4. The normalized spacial score (nSPS) is 21.9. The molecule has 2 rings (SSSR count). The zero-order chi connectivity index (χ0) is 18.1. The molecule has 0 aromatic heterocycles. The van der Waals surface area contributed by atoms with Crippen LogP contribution < -0.4 is 5.32 Å². The molecule has 0 radical (unpaired) electrons. The lowest BCUT2D eigenvalue weighted by Gasteiger charge is -2.24. The quantitative estimate of drug-likeness (QED) is 0.475. The van der Waals surface area contributed by atoms with E-state index in [2.05, 4.69) is 24.4 Å². The second kappa shape index (κ2) is 10.4. The SMILES string of the molecule is CCC=CCCC1CC1C(NC(CO)c1ccccc1)C(=O)OCC. The minimum atomic E-state index is -0.350. The number of hydrogen-bond acceptors (Lipinski definition) is 4. The minimum Gasteiger partial charge on any atom is -0.465 e. The summed E-state index contributed by atoms with van der Waals surface area (Å²) in [6.45, 7) is 4.30. The van der Waals surface area contributed by atoms with Gasteiger partial charge < -0.3 is 9.84 Å². The van der Waals surface area contributed by atoms with Crippen LogP contribution in [0.25, 0.3) is 0 Å². The van der Waals surface area contributed by atoms with Crippen molar-refractivity contribution in [2.45, 2.75) is 51.6 Å². The van der Waals surface area contributed by atoms with Crippen LogP contribution >= 0.6 is 0 Å². The van der Waals surface area contributed by atoms with Crippen molar-refractivity contribution in [3.05, 3.63) is 48.0 Å². The molecular formula is C21H31NO3. The maximum absolute atomic E-state index is 12.4. The van der Waals surface area contributed by atoms with Gasteiger partial charge in [0.2, 0.25) is 0 Å². The molecule has 0 aliphatic heterocycles. The van der Waals surface area contributed by atoms with Crippen molar-refractivity contribution < 1.29 is 14.6 Å². The Morgan fingerprint density at radius 2 is 2.08 bits per heavy atom. The van der Waals surface area contributed by atoms with E-state index in [0.717, 1.165) is 31.2 Å². The third-order valence-electron chi connectivity index (χ3n) is 4.82. The number of benzene rings is 1. The summed E-state index contributed by atoms with van der Waals surface area (Å²) >= 11 is 0. The molecule has 0 spiro atoms. The van der Waals surface area contributed by atoms with E-state index >= 15 is 0 Å². The molecule has 1 aliphatic carbocycles. The molecule has 1 fully saturated rings. The van der Waals surface area contributed by atoms with Crippen molar-refractivity contribution in [2.24, 2.45) is 11.8 Å². The highest BCUT2D eigenvalue weighted by molar-refractivity contribution is 5.76. The Balaban J connectivity index is 1.99. The van der Waals surface area contributed by atoms with Gasteiger partial charge in [0.05, 0.1) is 19.3 Å². The summed E-state index contributed by atoms with van der Waals surface area (Å²) in [5.74, 6) is 0.652. The van der Waals surface area contributed by atoms with E-state index in [1.807, 2.05) is 37.3 Å². The molecule has 0 amide bonds. The number of carbonyl (C=O) groups excluding carboxylic acids is 1. The monoisotopic (exact) mass is 345 g/mol. The van der Waals surface area contributed by atoms with Gasteiger partial charge in [0.15, 0.2) is 0 Å². The van der Waals surface area contributed by atoms with Crippen molar-refractivity contribution in [1.29, 1.82) is 0 Å². The van der Waals surface area contributed by atoms with Crippen LogP contribution in [0.5, 0.6) is 0 Å². The van der Waals surface area contributed by atoms with Crippen LogP contribution in [0.15, 0.2) is 42.5 Å². The van der Waals surface area contributed by atoms with Crippen LogP contribution in [0.3, 0.4) is 0 Å². The van der Waals surface area contributed by atoms with Crippen molar-refractivity contribution in [1.82, 2.24) is 5.32 Å². The van der Waals surface area contributed by atoms with Gasteiger partial charge >= 0.3 is 5.97 Å². The molecule has 4 atom stereocenters. The molecule has 25 heavy (non-hydrogen) atoms. The molecule has 4 heteroatoms. The number of nitrogens with one attached hydrogen (secondary N) is 1.